The van der Waals surface area contributed by atoms with Crippen molar-refractivity contribution in [1.82, 2.24) is 14.5 Å². The lowest BCUT2D eigenvalue weighted by Gasteiger charge is -2.24. The van der Waals surface area contributed by atoms with Crippen LogP contribution in [0, 0.1) is 0 Å². The number of nitrogens with zero attached hydrogens (tertiary/aromatic N) is 3. The number of esters is 1. The molecule has 1 saturated carbocycles. The van der Waals surface area contributed by atoms with Gasteiger partial charge in [-0.15, -0.1) is 0 Å². The minimum atomic E-state index is -0.340. The lowest BCUT2D eigenvalue weighted by atomic mass is 9.96. The normalized spacial score (nSPS) is 15.2. The van der Waals surface area contributed by atoms with Crippen molar-refractivity contribution < 1.29 is 14.3 Å². The van der Waals surface area contributed by atoms with Gasteiger partial charge in [0.2, 0.25) is 0 Å². The Morgan fingerprint density at radius 2 is 1.86 bits per heavy atom. The number of ether oxygens (including phenoxy) is 2. The average Bonchev–Trinajstić information content (AvgIpc) is 3.47. The van der Waals surface area contributed by atoms with Crippen molar-refractivity contribution in [1.29, 1.82) is 0 Å². The Morgan fingerprint density at radius 1 is 1.06 bits per heavy atom. The van der Waals surface area contributed by atoms with E-state index in [1.54, 1.807) is 18.4 Å². The zero-order valence-electron chi connectivity index (χ0n) is 21.1. The molecular formula is C28H34N4O3S. The Hall–Kier alpha value is -2.97. The van der Waals surface area contributed by atoms with Crippen molar-refractivity contribution in [3.63, 3.8) is 0 Å². The maximum Gasteiger partial charge on any atom is 0.337 e. The number of thiazole rings is 1. The summed E-state index contributed by atoms with van der Waals surface area (Å²) in [5.41, 5.74) is 4.49. The second-order valence-electron chi connectivity index (χ2n) is 9.45. The smallest absolute Gasteiger partial charge is 0.337 e. The number of anilines is 1. The van der Waals surface area contributed by atoms with Crippen molar-refractivity contribution in [2.45, 2.75) is 57.4 Å². The minimum Gasteiger partial charge on any atom is -0.465 e. The molecule has 190 valence electrons. The number of aromatic nitrogens is 3. The van der Waals surface area contributed by atoms with Gasteiger partial charge in [-0.3, -0.25) is 0 Å². The second kappa shape index (κ2) is 11.4. The summed E-state index contributed by atoms with van der Waals surface area (Å²) in [6.07, 6.45) is 9.56. The molecule has 1 aliphatic carbocycles. The Morgan fingerprint density at radius 3 is 2.64 bits per heavy atom. The van der Waals surface area contributed by atoms with Crippen LogP contribution in [0.5, 0.6) is 0 Å². The monoisotopic (exact) mass is 506 g/mol. The highest BCUT2D eigenvalue weighted by molar-refractivity contribution is 7.22. The predicted molar refractivity (Wildman–Crippen MR) is 146 cm³/mol. The molecule has 0 radical (unpaired) electrons. The maximum absolute atomic E-state index is 12.2. The minimum absolute atomic E-state index is 0.340. The molecule has 0 atom stereocenters. The third kappa shape index (κ3) is 5.11. The van der Waals surface area contributed by atoms with Gasteiger partial charge in [0.15, 0.2) is 5.13 Å². The average molecular weight is 507 g/mol. The molecule has 4 aromatic rings. The molecule has 7 nitrogen and oxygen atoms in total. The predicted octanol–water partition coefficient (Wildman–Crippen LogP) is 6.83. The van der Waals surface area contributed by atoms with E-state index in [0.717, 1.165) is 70.2 Å². The number of fused-ring (bicyclic) bond motifs is 2. The van der Waals surface area contributed by atoms with E-state index in [4.69, 9.17) is 19.4 Å². The molecule has 1 N–H and O–H groups in total. The third-order valence-electron chi connectivity index (χ3n) is 7.01. The lowest BCUT2D eigenvalue weighted by molar-refractivity contribution is 0.0601. The quantitative estimate of drug-likeness (QED) is 0.208. The lowest BCUT2D eigenvalue weighted by Crippen LogP contribution is -2.12. The van der Waals surface area contributed by atoms with Crippen LogP contribution in [0.25, 0.3) is 32.6 Å². The number of rotatable bonds is 8. The Kier molecular flexibility index (Phi) is 7.82. The molecule has 36 heavy (non-hydrogen) atoms. The number of carbonyl (C=O) groups is 1. The Bertz CT molecular complexity index is 1340. The first-order chi connectivity index (χ1) is 17.7. The molecule has 2 aromatic carbocycles. The third-order valence-corrected chi connectivity index (χ3v) is 8.07. The van der Waals surface area contributed by atoms with Crippen LogP contribution in [0.1, 0.15) is 67.8 Å². The van der Waals surface area contributed by atoms with Crippen LogP contribution in [0.2, 0.25) is 0 Å². The molecule has 0 aliphatic heterocycles. The number of nitrogens with one attached hydrogen (secondary N) is 1. The van der Waals surface area contributed by atoms with Crippen LogP contribution in [-0.4, -0.2) is 47.9 Å². The van der Waals surface area contributed by atoms with E-state index in [2.05, 4.69) is 28.1 Å². The summed E-state index contributed by atoms with van der Waals surface area (Å²) in [7, 11) is 3.14. The molecule has 0 bridgehead atoms. The van der Waals surface area contributed by atoms with E-state index in [0.29, 0.717) is 11.6 Å². The summed E-state index contributed by atoms with van der Waals surface area (Å²) in [6, 6.07) is 12.4. The fourth-order valence-electron chi connectivity index (χ4n) is 5.21. The van der Waals surface area contributed by atoms with Crippen LogP contribution in [0.15, 0.2) is 36.4 Å². The first kappa shape index (κ1) is 24.7. The van der Waals surface area contributed by atoms with Crippen LogP contribution in [0.3, 0.4) is 0 Å². The van der Waals surface area contributed by atoms with Gasteiger partial charge < -0.3 is 19.4 Å². The molecule has 0 saturated heterocycles. The van der Waals surface area contributed by atoms with Crippen molar-refractivity contribution in [2.75, 3.05) is 32.7 Å². The standard InChI is InChI=1S/C28H34N4O3S/c1-34-17-9-16-29-28-31-22-13-8-12-21(25(22)36-28)26-30-23-18-19(27(33)35-2)14-15-24(23)32(26)20-10-6-4-3-5-7-11-20/h8,12-15,18,20H,3-7,9-11,16-17H2,1-2H3,(H,29,31). The van der Waals surface area contributed by atoms with Gasteiger partial charge in [0, 0.05) is 31.9 Å². The molecule has 8 heteroatoms. The van der Waals surface area contributed by atoms with Gasteiger partial charge >= 0.3 is 5.97 Å². The number of imidazole rings is 1. The van der Waals surface area contributed by atoms with Gasteiger partial charge in [0.1, 0.15) is 5.82 Å². The molecular weight excluding hydrogens is 472 g/mol. The Balaban J connectivity index is 1.61. The number of benzene rings is 2. The van der Waals surface area contributed by atoms with Gasteiger partial charge in [-0.25, -0.2) is 14.8 Å². The van der Waals surface area contributed by atoms with Crippen molar-refractivity contribution in [3.05, 3.63) is 42.0 Å². The Labute approximate surface area is 215 Å². The first-order valence-corrected chi connectivity index (χ1v) is 13.7. The van der Waals surface area contributed by atoms with E-state index in [-0.39, 0.29) is 5.97 Å². The van der Waals surface area contributed by atoms with Crippen LogP contribution >= 0.6 is 11.3 Å². The summed E-state index contributed by atoms with van der Waals surface area (Å²) >= 11 is 1.67. The zero-order valence-corrected chi connectivity index (χ0v) is 21.9. The van der Waals surface area contributed by atoms with Crippen LogP contribution < -0.4 is 5.32 Å². The maximum atomic E-state index is 12.2. The van der Waals surface area contributed by atoms with E-state index in [9.17, 15) is 4.79 Å². The van der Waals surface area contributed by atoms with Crippen molar-refractivity contribution >= 4 is 43.7 Å². The van der Waals surface area contributed by atoms with E-state index >= 15 is 0 Å². The summed E-state index contributed by atoms with van der Waals surface area (Å²) in [6.45, 7) is 1.54. The second-order valence-corrected chi connectivity index (χ2v) is 10.4. The fraction of sp³-hybridized carbons (Fsp3) is 0.464. The van der Waals surface area contributed by atoms with Gasteiger partial charge in [0.25, 0.3) is 0 Å². The fourth-order valence-corrected chi connectivity index (χ4v) is 6.21. The topological polar surface area (TPSA) is 78.3 Å². The molecule has 0 spiro atoms. The molecule has 1 aliphatic rings. The van der Waals surface area contributed by atoms with Crippen LogP contribution in [0.4, 0.5) is 5.13 Å². The van der Waals surface area contributed by atoms with Gasteiger partial charge in [-0.1, -0.05) is 49.5 Å². The molecule has 2 heterocycles. The number of methoxy groups -OCH3 is 2. The van der Waals surface area contributed by atoms with E-state index in [1.165, 1.54) is 39.2 Å². The van der Waals surface area contributed by atoms with E-state index in [1.807, 2.05) is 18.2 Å². The van der Waals surface area contributed by atoms with Crippen molar-refractivity contribution in [2.24, 2.45) is 0 Å². The zero-order chi connectivity index (χ0) is 24.9. The van der Waals surface area contributed by atoms with Crippen molar-refractivity contribution in [3.8, 4) is 11.4 Å². The highest BCUT2D eigenvalue weighted by Crippen LogP contribution is 2.39. The summed E-state index contributed by atoms with van der Waals surface area (Å²) in [4.78, 5) is 22.2. The molecule has 2 aromatic heterocycles. The summed E-state index contributed by atoms with van der Waals surface area (Å²) < 4.78 is 13.7. The number of carbonyl (C=O) groups excluding carboxylic acids is 1. The molecule has 0 amide bonds. The first-order valence-electron chi connectivity index (χ1n) is 12.9. The molecule has 0 unspecified atom stereocenters. The summed E-state index contributed by atoms with van der Waals surface area (Å²) in [5, 5.41) is 4.35. The van der Waals surface area contributed by atoms with Gasteiger partial charge in [0.05, 0.1) is 33.9 Å². The molecule has 5 rings (SSSR count). The SMILES string of the molecule is COCCCNc1nc2cccc(-c3nc4cc(C(=O)OC)ccc4n3C3CCCCCCC3)c2s1. The summed E-state index contributed by atoms with van der Waals surface area (Å²) in [5.74, 6) is 0.616. The number of hydrogen-bond donors (Lipinski definition) is 1. The van der Waals surface area contributed by atoms with Crippen LogP contribution in [-0.2, 0) is 9.47 Å². The highest BCUT2D eigenvalue weighted by atomic mass is 32.1. The molecule has 1 fully saturated rings. The van der Waals surface area contributed by atoms with Gasteiger partial charge in [-0.2, -0.15) is 0 Å². The number of hydrogen-bond acceptors (Lipinski definition) is 7. The van der Waals surface area contributed by atoms with E-state index < -0.39 is 0 Å². The highest BCUT2D eigenvalue weighted by Gasteiger charge is 2.24. The van der Waals surface area contributed by atoms with Gasteiger partial charge in [-0.05, 0) is 49.6 Å². The largest absolute Gasteiger partial charge is 0.465 e.